The number of nitrogens with one attached hydrogen (secondary N) is 2. The second kappa shape index (κ2) is 4.96. The molecule has 3 aromatic rings. The van der Waals surface area contributed by atoms with Crippen molar-refractivity contribution in [3.8, 4) is 0 Å². The molecule has 0 radical (unpaired) electrons. The summed E-state index contributed by atoms with van der Waals surface area (Å²) in [6.07, 6.45) is 1.87. The monoisotopic (exact) mass is 292 g/mol. The number of carbonyl (C=O) groups excluding carboxylic acids is 1. The van der Waals surface area contributed by atoms with Crippen LogP contribution in [0.25, 0.3) is 10.9 Å². The Morgan fingerprint density at radius 3 is 3.00 bits per heavy atom. The summed E-state index contributed by atoms with van der Waals surface area (Å²) in [4.78, 5) is 12.6. The van der Waals surface area contributed by atoms with E-state index in [0.717, 1.165) is 29.7 Å². The van der Waals surface area contributed by atoms with Crippen LogP contribution in [0, 0.1) is 0 Å². The highest BCUT2D eigenvalue weighted by Gasteiger charge is 2.14. The van der Waals surface area contributed by atoms with Gasteiger partial charge >= 0.3 is 0 Å². The summed E-state index contributed by atoms with van der Waals surface area (Å²) in [6.45, 7) is 1.76. The van der Waals surface area contributed by atoms with Crippen LogP contribution in [0.2, 0.25) is 0 Å². The second-order valence-corrected chi connectivity index (χ2v) is 5.58. The van der Waals surface area contributed by atoms with E-state index in [4.69, 9.17) is 0 Å². The lowest BCUT2D eigenvalue weighted by Crippen LogP contribution is -2.12. The molecule has 1 aliphatic rings. The van der Waals surface area contributed by atoms with E-state index in [9.17, 15) is 4.79 Å². The molecule has 0 saturated heterocycles. The van der Waals surface area contributed by atoms with Gasteiger partial charge in [-0.05, 0) is 35.4 Å². The molecule has 5 nitrogen and oxygen atoms in total. The number of amides is 1. The van der Waals surface area contributed by atoms with E-state index in [2.05, 4.69) is 21.8 Å². The SMILES string of the molecule is Cn1cc2c(C(=O)Nc3ccc4c(c3)CNC4)cccc2n1. The van der Waals surface area contributed by atoms with E-state index in [1.54, 1.807) is 4.68 Å². The molecule has 110 valence electrons. The minimum atomic E-state index is -0.107. The first-order chi connectivity index (χ1) is 10.7. The summed E-state index contributed by atoms with van der Waals surface area (Å²) >= 11 is 0. The molecule has 0 fully saturated rings. The number of aryl methyl sites for hydroxylation is 1. The number of fused-ring (bicyclic) bond motifs is 2. The van der Waals surface area contributed by atoms with E-state index < -0.39 is 0 Å². The van der Waals surface area contributed by atoms with Crippen LogP contribution >= 0.6 is 0 Å². The van der Waals surface area contributed by atoms with Gasteiger partial charge in [0, 0.05) is 37.4 Å². The predicted molar refractivity (Wildman–Crippen MR) is 85.7 cm³/mol. The zero-order chi connectivity index (χ0) is 15.1. The summed E-state index contributed by atoms with van der Waals surface area (Å²) in [5.41, 5.74) is 4.84. The zero-order valence-electron chi connectivity index (χ0n) is 12.3. The molecule has 0 aliphatic carbocycles. The normalized spacial score (nSPS) is 13.3. The molecule has 2 N–H and O–H groups in total. The Morgan fingerprint density at radius 1 is 1.23 bits per heavy atom. The highest BCUT2D eigenvalue weighted by atomic mass is 16.1. The molecule has 4 rings (SSSR count). The summed E-state index contributed by atoms with van der Waals surface area (Å²) in [6, 6.07) is 11.7. The van der Waals surface area contributed by atoms with Gasteiger partial charge in [0.15, 0.2) is 0 Å². The van der Waals surface area contributed by atoms with E-state index >= 15 is 0 Å². The van der Waals surface area contributed by atoms with Gasteiger partial charge in [0.2, 0.25) is 0 Å². The van der Waals surface area contributed by atoms with Crippen LogP contribution in [0.15, 0.2) is 42.6 Å². The Labute approximate surface area is 127 Å². The lowest BCUT2D eigenvalue weighted by Gasteiger charge is -2.08. The van der Waals surface area contributed by atoms with Gasteiger partial charge in [-0.2, -0.15) is 5.10 Å². The Bertz CT molecular complexity index is 881. The van der Waals surface area contributed by atoms with Crippen LogP contribution in [0.1, 0.15) is 21.5 Å². The van der Waals surface area contributed by atoms with E-state index in [0.29, 0.717) is 5.56 Å². The number of hydrogen-bond acceptors (Lipinski definition) is 3. The fourth-order valence-electron chi connectivity index (χ4n) is 2.93. The molecule has 1 aliphatic heterocycles. The summed E-state index contributed by atoms with van der Waals surface area (Å²) in [5.74, 6) is -0.107. The first kappa shape index (κ1) is 13.0. The van der Waals surface area contributed by atoms with Crippen LogP contribution in [0.5, 0.6) is 0 Å². The molecule has 1 amide bonds. The molecule has 0 bridgehead atoms. The highest BCUT2D eigenvalue weighted by molar-refractivity contribution is 6.12. The van der Waals surface area contributed by atoms with Gasteiger partial charge in [-0.3, -0.25) is 9.48 Å². The molecule has 0 atom stereocenters. The molecule has 1 aromatic heterocycles. The van der Waals surface area contributed by atoms with Crippen molar-refractivity contribution in [2.24, 2.45) is 7.05 Å². The molecule has 0 saturated carbocycles. The number of rotatable bonds is 2. The summed E-state index contributed by atoms with van der Waals surface area (Å²) < 4.78 is 1.72. The molecule has 22 heavy (non-hydrogen) atoms. The number of anilines is 1. The van der Waals surface area contributed by atoms with Crippen molar-refractivity contribution in [3.05, 3.63) is 59.3 Å². The molecular formula is C17H16N4O. The van der Waals surface area contributed by atoms with Crippen LogP contribution in [-0.4, -0.2) is 15.7 Å². The van der Waals surface area contributed by atoms with Crippen molar-refractivity contribution in [1.29, 1.82) is 0 Å². The van der Waals surface area contributed by atoms with Gasteiger partial charge in [0.05, 0.1) is 11.1 Å². The maximum atomic E-state index is 12.6. The third-order valence-corrected chi connectivity index (χ3v) is 4.00. The predicted octanol–water partition coefficient (Wildman–Crippen LogP) is 2.43. The Hall–Kier alpha value is -2.66. The minimum absolute atomic E-state index is 0.107. The summed E-state index contributed by atoms with van der Waals surface area (Å²) in [7, 11) is 1.86. The number of nitrogens with zero attached hydrogens (tertiary/aromatic N) is 2. The Kier molecular flexibility index (Phi) is 2.94. The lowest BCUT2D eigenvalue weighted by molar-refractivity contribution is 0.102. The topological polar surface area (TPSA) is 59.0 Å². The third-order valence-electron chi connectivity index (χ3n) is 4.00. The highest BCUT2D eigenvalue weighted by Crippen LogP contribution is 2.22. The minimum Gasteiger partial charge on any atom is -0.322 e. The van der Waals surface area contributed by atoms with Crippen LogP contribution in [-0.2, 0) is 20.1 Å². The maximum Gasteiger partial charge on any atom is 0.256 e. The Balaban J connectivity index is 1.66. The maximum absolute atomic E-state index is 12.6. The van der Waals surface area contributed by atoms with Crippen LogP contribution in [0.3, 0.4) is 0 Å². The number of hydrogen-bond donors (Lipinski definition) is 2. The summed E-state index contributed by atoms with van der Waals surface area (Å²) in [5, 5.41) is 11.5. The average molecular weight is 292 g/mol. The van der Waals surface area contributed by atoms with Crippen molar-refractivity contribution < 1.29 is 4.79 Å². The second-order valence-electron chi connectivity index (χ2n) is 5.58. The Morgan fingerprint density at radius 2 is 2.09 bits per heavy atom. The van der Waals surface area contributed by atoms with Crippen LogP contribution < -0.4 is 10.6 Å². The van der Waals surface area contributed by atoms with Crippen molar-refractivity contribution in [3.63, 3.8) is 0 Å². The third kappa shape index (κ3) is 2.16. The molecule has 0 spiro atoms. The molecule has 0 unspecified atom stereocenters. The lowest BCUT2D eigenvalue weighted by atomic mass is 10.1. The fourth-order valence-corrected chi connectivity index (χ4v) is 2.93. The van der Waals surface area contributed by atoms with Gasteiger partial charge in [0.1, 0.15) is 0 Å². The first-order valence-corrected chi connectivity index (χ1v) is 7.27. The molecule has 2 aromatic carbocycles. The fraction of sp³-hybridized carbons (Fsp3) is 0.176. The molecule has 2 heterocycles. The quantitative estimate of drug-likeness (QED) is 0.762. The smallest absolute Gasteiger partial charge is 0.256 e. The van der Waals surface area contributed by atoms with Gasteiger partial charge in [-0.25, -0.2) is 0 Å². The standard InChI is InChI=1S/C17H16N4O/c1-21-10-15-14(3-2-4-16(15)20-21)17(22)19-13-6-5-11-8-18-9-12(11)7-13/h2-7,10,18H,8-9H2,1H3,(H,19,22). The van der Waals surface area contributed by atoms with Gasteiger partial charge < -0.3 is 10.6 Å². The van der Waals surface area contributed by atoms with Crippen molar-refractivity contribution >= 4 is 22.5 Å². The number of benzene rings is 2. The van der Waals surface area contributed by atoms with Gasteiger partial charge in [-0.1, -0.05) is 12.1 Å². The van der Waals surface area contributed by atoms with Gasteiger partial charge in [0.25, 0.3) is 5.91 Å². The number of carbonyl (C=O) groups is 1. The van der Waals surface area contributed by atoms with Crippen molar-refractivity contribution in [2.75, 3.05) is 5.32 Å². The zero-order valence-corrected chi connectivity index (χ0v) is 12.3. The van der Waals surface area contributed by atoms with E-state index in [1.165, 1.54) is 11.1 Å². The average Bonchev–Trinajstić information content (AvgIpc) is 3.10. The van der Waals surface area contributed by atoms with Crippen molar-refractivity contribution in [2.45, 2.75) is 13.1 Å². The van der Waals surface area contributed by atoms with Gasteiger partial charge in [-0.15, -0.1) is 0 Å². The molecule has 5 heteroatoms. The van der Waals surface area contributed by atoms with E-state index in [-0.39, 0.29) is 5.91 Å². The first-order valence-electron chi connectivity index (χ1n) is 7.27. The van der Waals surface area contributed by atoms with E-state index in [1.807, 2.05) is 43.6 Å². The van der Waals surface area contributed by atoms with Crippen LogP contribution in [0.4, 0.5) is 5.69 Å². The largest absolute Gasteiger partial charge is 0.322 e. The van der Waals surface area contributed by atoms with Crippen molar-refractivity contribution in [1.82, 2.24) is 15.1 Å². The molecular weight excluding hydrogens is 276 g/mol. The number of aromatic nitrogens is 2.